The van der Waals surface area contributed by atoms with Crippen LogP contribution in [0.3, 0.4) is 0 Å². The molecule has 0 atom stereocenters. The largest absolute Gasteiger partial charge is 0.496 e. The maximum absolute atomic E-state index is 6.01. The van der Waals surface area contributed by atoms with Crippen LogP contribution in [0, 0.1) is 0 Å². The first-order chi connectivity index (χ1) is 13.6. The fraction of sp³-hybridized carbons (Fsp3) is 0.200. The summed E-state index contributed by atoms with van der Waals surface area (Å²) in [6.07, 6.45) is 1.71. The van der Waals surface area contributed by atoms with Crippen molar-refractivity contribution in [3.8, 4) is 28.5 Å². The second kappa shape index (κ2) is 8.95. The van der Waals surface area contributed by atoms with Crippen molar-refractivity contribution in [3.05, 3.63) is 57.2 Å². The molecule has 6 nitrogen and oxygen atoms in total. The van der Waals surface area contributed by atoms with Gasteiger partial charge in [0.25, 0.3) is 0 Å². The monoisotopic (exact) mass is 417 g/mol. The Hall–Kier alpha value is -2.77. The normalized spacial score (nSPS) is 11.8. The first kappa shape index (κ1) is 20.0. The Morgan fingerprint density at radius 1 is 0.964 bits per heavy atom. The van der Waals surface area contributed by atoms with Crippen LogP contribution < -0.4 is 19.0 Å². The molecule has 1 heterocycles. The molecule has 28 heavy (non-hydrogen) atoms. The number of thiazole rings is 1. The van der Waals surface area contributed by atoms with E-state index in [9.17, 15) is 0 Å². The molecule has 2 aromatic carbocycles. The second-order valence-corrected chi connectivity index (χ2v) is 6.91. The molecule has 3 rings (SSSR count). The molecule has 3 aromatic rings. The maximum atomic E-state index is 6.01. The van der Waals surface area contributed by atoms with Crippen LogP contribution in [0.25, 0.3) is 11.3 Å². The Bertz CT molecular complexity index is 1060. The van der Waals surface area contributed by atoms with Crippen LogP contribution in [0.15, 0.2) is 51.9 Å². The standard InChI is InChI=1S/C20H20ClN3O3S/c1-22-20-24(16(12-28-20)13-5-7-15(21)8-6-13)23-11-14-9-18(26-3)19(27-4)10-17(14)25-2/h5-12H,1-4H3. The van der Waals surface area contributed by atoms with Crippen LogP contribution in [-0.2, 0) is 0 Å². The highest BCUT2D eigenvalue weighted by molar-refractivity contribution is 7.07. The van der Waals surface area contributed by atoms with E-state index in [0.29, 0.717) is 22.3 Å². The quantitative estimate of drug-likeness (QED) is 0.561. The molecule has 1 aromatic heterocycles. The van der Waals surface area contributed by atoms with Crippen LogP contribution in [0.1, 0.15) is 5.56 Å². The summed E-state index contributed by atoms with van der Waals surface area (Å²) in [7, 11) is 6.51. The summed E-state index contributed by atoms with van der Waals surface area (Å²) in [5.74, 6) is 1.81. The van der Waals surface area contributed by atoms with Crippen molar-refractivity contribution >= 4 is 29.2 Å². The van der Waals surface area contributed by atoms with Gasteiger partial charge in [-0.1, -0.05) is 23.7 Å². The smallest absolute Gasteiger partial charge is 0.205 e. The summed E-state index contributed by atoms with van der Waals surface area (Å²) in [6, 6.07) is 11.2. The molecule has 0 saturated heterocycles. The fourth-order valence-electron chi connectivity index (χ4n) is 2.66. The van der Waals surface area contributed by atoms with Crippen molar-refractivity contribution in [2.45, 2.75) is 0 Å². The molecule has 0 aliphatic rings. The van der Waals surface area contributed by atoms with Gasteiger partial charge >= 0.3 is 0 Å². The number of ether oxygens (including phenoxy) is 3. The zero-order valence-electron chi connectivity index (χ0n) is 16.0. The molecule has 0 saturated carbocycles. The highest BCUT2D eigenvalue weighted by Crippen LogP contribution is 2.34. The number of aromatic nitrogens is 1. The lowest BCUT2D eigenvalue weighted by atomic mass is 10.2. The molecule has 0 fully saturated rings. The van der Waals surface area contributed by atoms with Gasteiger partial charge in [-0.25, -0.2) is 4.68 Å². The van der Waals surface area contributed by atoms with Gasteiger partial charge in [0, 0.05) is 34.6 Å². The summed E-state index contributed by atoms with van der Waals surface area (Å²) in [6.45, 7) is 0. The third kappa shape index (κ3) is 4.05. The van der Waals surface area contributed by atoms with E-state index >= 15 is 0 Å². The van der Waals surface area contributed by atoms with Crippen molar-refractivity contribution < 1.29 is 14.2 Å². The van der Waals surface area contributed by atoms with E-state index in [4.69, 9.17) is 25.8 Å². The van der Waals surface area contributed by atoms with Gasteiger partial charge in [0.2, 0.25) is 4.80 Å². The lowest BCUT2D eigenvalue weighted by Gasteiger charge is -2.12. The van der Waals surface area contributed by atoms with Gasteiger partial charge in [0.15, 0.2) is 11.5 Å². The maximum Gasteiger partial charge on any atom is 0.205 e. The molecule has 0 amide bonds. The van der Waals surface area contributed by atoms with Gasteiger partial charge in [-0.2, -0.15) is 5.10 Å². The number of hydrogen-bond donors (Lipinski definition) is 0. The van der Waals surface area contributed by atoms with Gasteiger partial charge in [-0.3, -0.25) is 4.99 Å². The van der Waals surface area contributed by atoms with Gasteiger partial charge in [0.1, 0.15) is 5.75 Å². The Morgan fingerprint density at radius 2 is 1.61 bits per heavy atom. The zero-order valence-corrected chi connectivity index (χ0v) is 17.5. The lowest BCUT2D eigenvalue weighted by molar-refractivity contribution is 0.349. The van der Waals surface area contributed by atoms with Crippen molar-refractivity contribution in [2.24, 2.45) is 10.1 Å². The summed E-state index contributed by atoms with van der Waals surface area (Å²) >= 11 is 7.52. The summed E-state index contributed by atoms with van der Waals surface area (Å²) < 4.78 is 18.0. The minimum atomic E-state index is 0.589. The van der Waals surface area contributed by atoms with E-state index in [2.05, 4.69) is 10.1 Å². The van der Waals surface area contributed by atoms with E-state index in [-0.39, 0.29) is 0 Å². The minimum absolute atomic E-state index is 0.589. The molecule has 146 valence electrons. The van der Waals surface area contributed by atoms with Crippen LogP contribution >= 0.6 is 22.9 Å². The highest BCUT2D eigenvalue weighted by Gasteiger charge is 2.12. The van der Waals surface area contributed by atoms with E-state index in [1.54, 1.807) is 45.3 Å². The fourth-order valence-corrected chi connectivity index (χ4v) is 3.58. The molecule has 0 unspecified atom stereocenters. The molecule has 0 aliphatic carbocycles. The molecular weight excluding hydrogens is 398 g/mol. The third-order valence-electron chi connectivity index (χ3n) is 4.06. The van der Waals surface area contributed by atoms with Gasteiger partial charge < -0.3 is 14.2 Å². The van der Waals surface area contributed by atoms with Gasteiger partial charge in [0.05, 0.1) is 33.2 Å². The Morgan fingerprint density at radius 3 is 2.21 bits per heavy atom. The Labute approximate surface area is 172 Å². The Balaban J connectivity index is 2.08. The van der Waals surface area contributed by atoms with Crippen LogP contribution in [0.5, 0.6) is 17.2 Å². The molecule has 0 radical (unpaired) electrons. The van der Waals surface area contributed by atoms with Crippen molar-refractivity contribution in [1.82, 2.24) is 4.68 Å². The summed E-state index contributed by atoms with van der Waals surface area (Å²) in [5.41, 5.74) is 2.66. The second-order valence-electron chi connectivity index (χ2n) is 5.64. The molecule has 0 N–H and O–H groups in total. The van der Waals surface area contributed by atoms with E-state index < -0.39 is 0 Å². The predicted molar refractivity (Wildman–Crippen MR) is 113 cm³/mol. The number of methoxy groups -OCH3 is 3. The summed E-state index contributed by atoms with van der Waals surface area (Å²) in [4.78, 5) is 5.08. The summed E-state index contributed by atoms with van der Waals surface area (Å²) in [5, 5.41) is 7.34. The number of benzene rings is 2. The van der Waals surface area contributed by atoms with Crippen molar-refractivity contribution in [3.63, 3.8) is 0 Å². The molecule has 0 aliphatic heterocycles. The van der Waals surface area contributed by atoms with Crippen LogP contribution in [0.2, 0.25) is 5.02 Å². The zero-order chi connectivity index (χ0) is 20.1. The molecule has 8 heteroatoms. The number of hydrogen-bond acceptors (Lipinski definition) is 6. The number of halogens is 1. The van der Waals surface area contributed by atoms with E-state index in [0.717, 1.165) is 21.6 Å². The van der Waals surface area contributed by atoms with Crippen molar-refractivity contribution in [2.75, 3.05) is 28.4 Å². The predicted octanol–water partition coefficient (Wildman–Crippen LogP) is 4.31. The average molecular weight is 418 g/mol. The topological polar surface area (TPSA) is 57.3 Å². The SMILES string of the molecule is CN=c1scc(-c2ccc(Cl)cc2)n1N=Cc1cc(OC)c(OC)cc1OC. The first-order valence-corrected chi connectivity index (χ1v) is 9.60. The van der Waals surface area contributed by atoms with Crippen LogP contribution in [-0.4, -0.2) is 39.3 Å². The number of nitrogens with zero attached hydrogens (tertiary/aromatic N) is 3. The average Bonchev–Trinajstić information content (AvgIpc) is 3.14. The van der Waals surface area contributed by atoms with E-state index in [1.165, 1.54) is 11.3 Å². The highest BCUT2D eigenvalue weighted by atomic mass is 35.5. The minimum Gasteiger partial charge on any atom is -0.496 e. The molecule has 0 spiro atoms. The van der Waals surface area contributed by atoms with Gasteiger partial charge in [-0.15, -0.1) is 11.3 Å². The molecule has 0 bridgehead atoms. The molecular formula is C20H20ClN3O3S. The van der Waals surface area contributed by atoms with E-state index in [1.807, 2.05) is 35.7 Å². The lowest BCUT2D eigenvalue weighted by Crippen LogP contribution is -2.11. The third-order valence-corrected chi connectivity index (χ3v) is 5.22. The van der Waals surface area contributed by atoms with Crippen LogP contribution in [0.4, 0.5) is 0 Å². The Kier molecular flexibility index (Phi) is 6.38. The first-order valence-electron chi connectivity index (χ1n) is 8.35. The van der Waals surface area contributed by atoms with Crippen molar-refractivity contribution in [1.29, 1.82) is 0 Å². The van der Waals surface area contributed by atoms with Gasteiger partial charge in [-0.05, 0) is 18.2 Å². The number of rotatable bonds is 6.